The fourth-order valence-electron chi connectivity index (χ4n) is 2.51. The minimum absolute atomic E-state index is 0.197. The van der Waals surface area contributed by atoms with E-state index in [1.165, 1.54) is 21.3 Å². The lowest BCUT2D eigenvalue weighted by Gasteiger charge is -2.14. The fraction of sp³-hybridized carbons (Fsp3) is 0.250. The number of amides is 2. The molecule has 0 aliphatic heterocycles. The zero-order chi connectivity index (χ0) is 20.5. The Bertz CT molecular complexity index is 880. The van der Waals surface area contributed by atoms with Crippen molar-refractivity contribution in [2.24, 2.45) is 0 Å². The van der Waals surface area contributed by atoms with Crippen LogP contribution < -0.4 is 24.8 Å². The van der Waals surface area contributed by atoms with Crippen molar-refractivity contribution < 1.29 is 23.8 Å². The Kier molecular flexibility index (Phi) is 7.22. The van der Waals surface area contributed by atoms with E-state index in [0.29, 0.717) is 28.5 Å². The molecule has 2 aromatic carbocycles. The van der Waals surface area contributed by atoms with Crippen LogP contribution in [0.15, 0.2) is 36.4 Å². The monoisotopic (exact) mass is 383 g/mol. The lowest BCUT2D eigenvalue weighted by molar-refractivity contribution is -0.120. The second kappa shape index (κ2) is 9.83. The molecular weight excluding hydrogens is 362 g/mol. The highest BCUT2D eigenvalue weighted by Crippen LogP contribution is 2.38. The van der Waals surface area contributed by atoms with Crippen LogP contribution in [0.1, 0.15) is 22.3 Å². The zero-order valence-electron chi connectivity index (χ0n) is 15.9. The van der Waals surface area contributed by atoms with Crippen LogP contribution in [0.25, 0.3) is 0 Å². The van der Waals surface area contributed by atoms with Gasteiger partial charge in [-0.3, -0.25) is 9.59 Å². The highest BCUT2D eigenvalue weighted by Gasteiger charge is 2.17. The summed E-state index contributed by atoms with van der Waals surface area (Å²) < 4.78 is 15.8. The maximum absolute atomic E-state index is 12.6. The van der Waals surface area contributed by atoms with Gasteiger partial charge in [0.1, 0.15) is 6.42 Å². The maximum atomic E-state index is 12.6. The summed E-state index contributed by atoms with van der Waals surface area (Å²) in [5.41, 5.74) is 1.68. The molecule has 2 N–H and O–H groups in total. The number of nitrogens with one attached hydrogen (secondary N) is 2. The first kappa shape index (κ1) is 20.6. The SMILES string of the molecule is COc1cc(C(=O)Nc2cccc(CNC(=O)CC#N)c2)cc(OC)c1OC. The Balaban J connectivity index is 2.16. The van der Waals surface area contributed by atoms with E-state index in [0.717, 1.165) is 5.56 Å². The summed E-state index contributed by atoms with van der Waals surface area (Å²) in [6, 6.07) is 11.9. The number of carbonyl (C=O) groups excluding carboxylic acids is 2. The number of hydrogen-bond donors (Lipinski definition) is 2. The fourth-order valence-corrected chi connectivity index (χ4v) is 2.51. The van der Waals surface area contributed by atoms with Gasteiger partial charge in [0.25, 0.3) is 5.91 Å². The molecule has 0 heterocycles. The van der Waals surface area contributed by atoms with Crippen molar-refractivity contribution in [1.82, 2.24) is 5.32 Å². The summed E-state index contributed by atoms with van der Waals surface area (Å²) in [6.45, 7) is 0.258. The Hall–Kier alpha value is -3.73. The van der Waals surface area contributed by atoms with Crippen LogP contribution in [0, 0.1) is 11.3 Å². The molecule has 146 valence electrons. The minimum atomic E-state index is -0.357. The predicted molar refractivity (Wildman–Crippen MR) is 103 cm³/mol. The summed E-state index contributed by atoms with van der Waals surface area (Å²) in [5, 5.41) is 13.9. The van der Waals surface area contributed by atoms with Crippen LogP contribution >= 0.6 is 0 Å². The van der Waals surface area contributed by atoms with Gasteiger partial charge in [-0.1, -0.05) is 12.1 Å². The van der Waals surface area contributed by atoms with E-state index in [1.807, 2.05) is 6.07 Å². The number of rotatable bonds is 8. The van der Waals surface area contributed by atoms with E-state index in [4.69, 9.17) is 19.5 Å². The van der Waals surface area contributed by atoms with Gasteiger partial charge >= 0.3 is 0 Å². The number of methoxy groups -OCH3 is 3. The molecule has 0 aliphatic carbocycles. The van der Waals surface area contributed by atoms with E-state index in [2.05, 4.69) is 10.6 Å². The summed E-state index contributed by atoms with van der Waals surface area (Å²) in [6.07, 6.45) is -0.197. The van der Waals surface area contributed by atoms with Crippen LogP contribution in [0.3, 0.4) is 0 Å². The molecule has 8 nitrogen and oxygen atoms in total. The van der Waals surface area contributed by atoms with Crippen LogP contribution in [0.5, 0.6) is 17.2 Å². The van der Waals surface area contributed by atoms with Gasteiger partial charge in [0.2, 0.25) is 11.7 Å². The average molecular weight is 383 g/mol. The molecule has 0 spiro atoms. The molecule has 0 bridgehead atoms. The molecule has 0 aliphatic rings. The molecule has 0 saturated heterocycles. The molecule has 2 aromatic rings. The van der Waals surface area contributed by atoms with E-state index in [-0.39, 0.29) is 24.8 Å². The van der Waals surface area contributed by atoms with Gasteiger partial charge < -0.3 is 24.8 Å². The van der Waals surface area contributed by atoms with Crippen molar-refractivity contribution >= 4 is 17.5 Å². The first-order valence-electron chi connectivity index (χ1n) is 8.36. The van der Waals surface area contributed by atoms with E-state index in [9.17, 15) is 9.59 Å². The van der Waals surface area contributed by atoms with Gasteiger partial charge in [0, 0.05) is 17.8 Å². The van der Waals surface area contributed by atoms with Gasteiger partial charge in [-0.15, -0.1) is 0 Å². The second-order valence-electron chi connectivity index (χ2n) is 5.68. The molecule has 0 aromatic heterocycles. The third kappa shape index (κ3) is 5.14. The number of carbonyl (C=O) groups is 2. The topological polar surface area (TPSA) is 110 Å². The molecule has 2 amide bonds. The van der Waals surface area contributed by atoms with E-state index >= 15 is 0 Å². The number of benzene rings is 2. The molecule has 0 saturated carbocycles. The molecule has 0 unspecified atom stereocenters. The number of ether oxygens (including phenoxy) is 3. The molecule has 0 fully saturated rings. The van der Waals surface area contributed by atoms with Crippen LogP contribution in [-0.2, 0) is 11.3 Å². The summed E-state index contributed by atoms with van der Waals surface area (Å²) >= 11 is 0. The van der Waals surface area contributed by atoms with Gasteiger partial charge in [-0.05, 0) is 29.8 Å². The van der Waals surface area contributed by atoms with Gasteiger partial charge in [-0.2, -0.15) is 5.26 Å². The van der Waals surface area contributed by atoms with Crippen molar-refractivity contribution in [2.45, 2.75) is 13.0 Å². The van der Waals surface area contributed by atoms with Crippen molar-refractivity contribution in [3.05, 3.63) is 47.5 Å². The van der Waals surface area contributed by atoms with Crippen molar-refractivity contribution in [2.75, 3.05) is 26.6 Å². The highest BCUT2D eigenvalue weighted by molar-refractivity contribution is 6.05. The quantitative estimate of drug-likeness (QED) is 0.725. The third-order valence-electron chi connectivity index (χ3n) is 3.84. The van der Waals surface area contributed by atoms with Crippen LogP contribution in [0.2, 0.25) is 0 Å². The van der Waals surface area contributed by atoms with Crippen LogP contribution in [0.4, 0.5) is 5.69 Å². The standard InChI is InChI=1S/C20H21N3O5/c1-26-16-10-14(11-17(27-2)19(16)28-3)20(25)23-15-6-4-5-13(9-15)12-22-18(24)7-8-21/h4-6,9-11H,7,12H2,1-3H3,(H,22,24)(H,23,25). The Labute approximate surface area is 163 Å². The molecule has 28 heavy (non-hydrogen) atoms. The van der Waals surface area contributed by atoms with Crippen molar-refractivity contribution in [3.8, 4) is 23.3 Å². The summed E-state index contributed by atoms with van der Waals surface area (Å²) in [5.74, 6) is 0.442. The molecular formula is C20H21N3O5. The van der Waals surface area contributed by atoms with Gasteiger partial charge in [0.15, 0.2) is 11.5 Å². The first-order valence-corrected chi connectivity index (χ1v) is 8.36. The Morgan fingerprint density at radius 1 is 1.04 bits per heavy atom. The Morgan fingerprint density at radius 3 is 2.29 bits per heavy atom. The maximum Gasteiger partial charge on any atom is 0.255 e. The molecule has 0 radical (unpaired) electrons. The molecule has 8 heteroatoms. The zero-order valence-corrected chi connectivity index (χ0v) is 15.9. The smallest absolute Gasteiger partial charge is 0.255 e. The van der Waals surface area contributed by atoms with E-state index in [1.54, 1.807) is 36.4 Å². The average Bonchev–Trinajstić information content (AvgIpc) is 2.71. The number of hydrogen-bond acceptors (Lipinski definition) is 6. The molecule has 2 rings (SSSR count). The largest absolute Gasteiger partial charge is 0.493 e. The number of nitrogens with zero attached hydrogens (tertiary/aromatic N) is 1. The van der Waals surface area contributed by atoms with Crippen molar-refractivity contribution in [1.29, 1.82) is 5.26 Å². The van der Waals surface area contributed by atoms with Crippen molar-refractivity contribution in [3.63, 3.8) is 0 Å². The van der Waals surface area contributed by atoms with Gasteiger partial charge in [0.05, 0.1) is 27.4 Å². The predicted octanol–water partition coefficient (Wildman–Crippen LogP) is 2.49. The Morgan fingerprint density at radius 2 is 1.71 bits per heavy atom. The second-order valence-corrected chi connectivity index (χ2v) is 5.68. The third-order valence-corrected chi connectivity index (χ3v) is 3.84. The summed E-state index contributed by atoms with van der Waals surface area (Å²) in [7, 11) is 4.44. The van der Waals surface area contributed by atoms with E-state index < -0.39 is 0 Å². The highest BCUT2D eigenvalue weighted by atomic mass is 16.5. The minimum Gasteiger partial charge on any atom is -0.493 e. The molecule has 0 atom stereocenters. The summed E-state index contributed by atoms with van der Waals surface area (Å²) in [4.78, 5) is 24.0. The van der Waals surface area contributed by atoms with Crippen LogP contribution in [-0.4, -0.2) is 33.1 Å². The lowest BCUT2D eigenvalue weighted by Crippen LogP contribution is -2.22. The normalized spacial score (nSPS) is 9.79. The lowest BCUT2D eigenvalue weighted by atomic mass is 10.1. The number of anilines is 1. The number of nitriles is 1. The van der Waals surface area contributed by atoms with Gasteiger partial charge in [-0.25, -0.2) is 0 Å². The first-order chi connectivity index (χ1) is 13.5.